The average molecular weight is 352 g/mol. The van der Waals surface area contributed by atoms with Gasteiger partial charge in [0.05, 0.1) is 24.3 Å². The number of ketones is 1. The van der Waals surface area contributed by atoms with E-state index in [1.807, 2.05) is 0 Å². The molecule has 1 aromatic heterocycles. The van der Waals surface area contributed by atoms with E-state index in [0.29, 0.717) is 22.2 Å². The molecular weight excluding hydrogens is 336 g/mol. The lowest BCUT2D eigenvalue weighted by Gasteiger charge is -2.07. The van der Waals surface area contributed by atoms with E-state index in [9.17, 15) is 14.4 Å². The highest BCUT2D eigenvalue weighted by Gasteiger charge is 2.12. The molecule has 7 nitrogen and oxygen atoms in total. The first-order chi connectivity index (χ1) is 12.6. The first-order valence-corrected chi connectivity index (χ1v) is 7.85. The third-order valence-electron chi connectivity index (χ3n) is 3.81. The van der Waals surface area contributed by atoms with Gasteiger partial charge in [-0.25, -0.2) is 4.98 Å². The molecule has 0 radical (unpaired) electrons. The summed E-state index contributed by atoms with van der Waals surface area (Å²) < 4.78 is 11.2. The van der Waals surface area contributed by atoms with Crippen molar-refractivity contribution in [3.63, 3.8) is 0 Å². The average Bonchev–Trinajstić information content (AvgIpc) is 2.68. The van der Waals surface area contributed by atoms with Crippen LogP contribution in [0, 0.1) is 0 Å². The maximum atomic E-state index is 12.3. The van der Waals surface area contributed by atoms with Crippen molar-refractivity contribution < 1.29 is 19.1 Å². The first-order valence-electron chi connectivity index (χ1n) is 7.85. The fraction of sp³-hybridized carbons (Fsp3) is 0.158. The number of methoxy groups -OCH3 is 1. The Hall–Kier alpha value is -3.48. The van der Waals surface area contributed by atoms with Crippen LogP contribution < -0.4 is 10.3 Å². The Morgan fingerprint density at radius 1 is 1.08 bits per heavy atom. The van der Waals surface area contributed by atoms with Crippen molar-refractivity contribution in [2.75, 3.05) is 13.7 Å². The predicted molar refractivity (Wildman–Crippen MR) is 94.3 cm³/mol. The molecule has 1 heterocycles. The van der Waals surface area contributed by atoms with Crippen LogP contribution in [0.5, 0.6) is 5.75 Å². The summed E-state index contributed by atoms with van der Waals surface area (Å²) in [4.78, 5) is 40.4. The molecule has 0 unspecified atom stereocenters. The van der Waals surface area contributed by atoms with Gasteiger partial charge in [0.25, 0.3) is 5.56 Å². The Balaban J connectivity index is 1.63. The number of fused-ring (bicyclic) bond motifs is 1. The van der Waals surface area contributed by atoms with Gasteiger partial charge in [0.1, 0.15) is 12.3 Å². The molecule has 0 N–H and O–H groups in total. The maximum absolute atomic E-state index is 12.3. The highest BCUT2D eigenvalue weighted by molar-refractivity contribution is 5.98. The van der Waals surface area contributed by atoms with E-state index in [1.54, 1.807) is 48.5 Å². The lowest BCUT2D eigenvalue weighted by molar-refractivity contribution is -0.143. The third-order valence-corrected chi connectivity index (χ3v) is 3.81. The van der Waals surface area contributed by atoms with E-state index in [1.165, 1.54) is 13.4 Å². The normalized spacial score (nSPS) is 10.5. The van der Waals surface area contributed by atoms with Crippen LogP contribution in [-0.4, -0.2) is 35.0 Å². The number of carbonyl (C=O) groups is 2. The molecule has 0 spiro atoms. The van der Waals surface area contributed by atoms with Gasteiger partial charge in [0.2, 0.25) is 0 Å². The van der Waals surface area contributed by atoms with E-state index in [4.69, 9.17) is 9.47 Å². The molecule has 0 bridgehead atoms. The number of hydrogen-bond donors (Lipinski definition) is 0. The van der Waals surface area contributed by atoms with E-state index < -0.39 is 12.6 Å². The third kappa shape index (κ3) is 3.77. The van der Waals surface area contributed by atoms with Crippen molar-refractivity contribution >= 4 is 22.7 Å². The van der Waals surface area contributed by atoms with Crippen molar-refractivity contribution in [3.8, 4) is 5.75 Å². The van der Waals surface area contributed by atoms with Crippen LogP contribution in [0.25, 0.3) is 10.9 Å². The molecule has 26 heavy (non-hydrogen) atoms. The fourth-order valence-electron chi connectivity index (χ4n) is 2.41. The lowest BCUT2D eigenvalue weighted by Crippen LogP contribution is -2.26. The zero-order valence-electron chi connectivity index (χ0n) is 14.0. The predicted octanol–water partition coefficient (Wildman–Crippen LogP) is 1.83. The van der Waals surface area contributed by atoms with Gasteiger partial charge in [-0.15, -0.1) is 0 Å². The topological polar surface area (TPSA) is 87.5 Å². The van der Waals surface area contributed by atoms with Crippen molar-refractivity contribution in [1.82, 2.24) is 9.55 Å². The monoisotopic (exact) mass is 352 g/mol. The number of hydrogen-bond acceptors (Lipinski definition) is 6. The van der Waals surface area contributed by atoms with Crippen LogP contribution in [0.3, 0.4) is 0 Å². The summed E-state index contributed by atoms with van der Waals surface area (Å²) in [5.74, 6) is -0.405. The zero-order chi connectivity index (χ0) is 18.5. The van der Waals surface area contributed by atoms with Gasteiger partial charge < -0.3 is 9.47 Å². The molecule has 0 fully saturated rings. The van der Waals surface area contributed by atoms with Gasteiger partial charge >= 0.3 is 5.97 Å². The van der Waals surface area contributed by atoms with Gasteiger partial charge in [-0.3, -0.25) is 19.0 Å². The van der Waals surface area contributed by atoms with Crippen LogP contribution in [-0.2, 0) is 16.1 Å². The number of nitrogens with zero attached hydrogens (tertiary/aromatic N) is 2. The molecule has 0 atom stereocenters. The maximum Gasteiger partial charge on any atom is 0.326 e. The van der Waals surface area contributed by atoms with E-state index in [-0.39, 0.29) is 17.9 Å². The van der Waals surface area contributed by atoms with Crippen LogP contribution in [0.1, 0.15) is 10.4 Å². The molecule has 0 aliphatic carbocycles. The molecule has 2 aromatic carbocycles. The first kappa shape index (κ1) is 17.3. The van der Waals surface area contributed by atoms with Gasteiger partial charge in [0, 0.05) is 5.56 Å². The summed E-state index contributed by atoms with van der Waals surface area (Å²) in [6.45, 7) is -0.715. The summed E-state index contributed by atoms with van der Waals surface area (Å²) in [5.41, 5.74) is 0.619. The molecule has 3 rings (SSSR count). The number of ether oxygens (including phenoxy) is 2. The number of aromatic nitrogens is 2. The minimum Gasteiger partial charge on any atom is -0.497 e. The second kappa shape index (κ2) is 7.60. The Kier molecular flexibility index (Phi) is 5.07. The Morgan fingerprint density at radius 3 is 2.54 bits per heavy atom. The number of rotatable bonds is 6. The summed E-state index contributed by atoms with van der Waals surface area (Å²) in [6, 6.07) is 13.3. The van der Waals surface area contributed by atoms with E-state index in [0.717, 1.165) is 4.57 Å². The van der Waals surface area contributed by atoms with Gasteiger partial charge in [-0.1, -0.05) is 12.1 Å². The Labute approximate surface area is 148 Å². The zero-order valence-corrected chi connectivity index (χ0v) is 14.0. The quantitative estimate of drug-likeness (QED) is 0.497. The van der Waals surface area contributed by atoms with E-state index in [2.05, 4.69) is 4.98 Å². The molecule has 0 saturated carbocycles. The number of para-hydroxylation sites is 1. The Bertz CT molecular complexity index is 1010. The summed E-state index contributed by atoms with van der Waals surface area (Å²) in [7, 11) is 1.53. The summed E-state index contributed by atoms with van der Waals surface area (Å²) in [5, 5.41) is 0.414. The van der Waals surface area contributed by atoms with Crippen LogP contribution in [0.4, 0.5) is 0 Å². The van der Waals surface area contributed by atoms with Crippen LogP contribution >= 0.6 is 0 Å². The molecule has 0 aliphatic rings. The van der Waals surface area contributed by atoms with Crippen molar-refractivity contribution in [3.05, 3.63) is 70.8 Å². The Morgan fingerprint density at radius 2 is 1.81 bits per heavy atom. The van der Waals surface area contributed by atoms with Crippen molar-refractivity contribution in [2.24, 2.45) is 0 Å². The molecule has 132 valence electrons. The fourth-order valence-corrected chi connectivity index (χ4v) is 2.41. The molecule has 0 saturated heterocycles. The molecule has 3 aromatic rings. The SMILES string of the molecule is COc1ccc(C(=O)COC(=O)Cn2cnc3ccccc3c2=O)cc1. The van der Waals surface area contributed by atoms with Gasteiger partial charge in [0.15, 0.2) is 12.4 Å². The highest BCUT2D eigenvalue weighted by Crippen LogP contribution is 2.12. The largest absolute Gasteiger partial charge is 0.497 e. The molecule has 0 aliphatic heterocycles. The molecule has 7 heteroatoms. The minimum absolute atomic E-state index is 0.313. The van der Waals surface area contributed by atoms with Gasteiger partial charge in [-0.2, -0.15) is 0 Å². The smallest absolute Gasteiger partial charge is 0.326 e. The lowest BCUT2D eigenvalue weighted by atomic mass is 10.1. The minimum atomic E-state index is -0.689. The second-order valence-electron chi connectivity index (χ2n) is 5.51. The standard InChI is InChI=1S/C19H16N2O5/c1-25-14-8-6-13(7-9-14)17(22)11-26-18(23)10-21-12-20-16-5-3-2-4-15(16)19(21)24/h2-9,12H,10-11H2,1H3. The number of Topliss-reactive ketones (excluding diaryl/α,β-unsaturated/α-hetero) is 1. The van der Waals surface area contributed by atoms with Crippen molar-refractivity contribution in [2.45, 2.75) is 6.54 Å². The number of carbonyl (C=O) groups excluding carboxylic acids is 2. The van der Waals surface area contributed by atoms with E-state index >= 15 is 0 Å². The summed E-state index contributed by atoms with van der Waals surface area (Å²) in [6.07, 6.45) is 1.29. The van der Waals surface area contributed by atoms with Gasteiger partial charge in [-0.05, 0) is 36.4 Å². The second-order valence-corrected chi connectivity index (χ2v) is 5.51. The summed E-state index contributed by atoms with van der Waals surface area (Å²) >= 11 is 0. The number of benzene rings is 2. The van der Waals surface area contributed by atoms with Crippen molar-refractivity contribution in [1.29, 1.82) is 0 Å². The highest BCUT2D eigenvalue weighted by atomic mass is 16.5. The number of esters is 1. The molecular formula is C19H16N2O5. The van der Waals surface area contributed by atoms with Crippen LogP contribution in [0.2, 0.25) is 0 Å². The molecule has 0 amide bonds. The van der Waals surface area contributed by atoms with Crippen LogP contribution in [0.15, 0.2) is 59.7 Å².